The Kier molecular flexibility index (Phi) is 4.53. The Labute approximate surface area is 155 Å². The van der Waals surface area contributed by atoms with Gasteiger partial charge in [0.1, 0.15) is 11.6 Å². The third-order valence-corrected chi connectivity index (χ3v) is 5.05. The normalized spacial score (nSPS) is 13.4. The molecule has 0 saturated heterocycles. The van der Waals surface area contributed by atoms with Gasteiger partial charge in [0.2, 0.25) is 0 Å². The molecule has 0 N–H and O–H groups in total. The van der Waals surface area contributed by atoms with E-state index in [4.69, 9.17) is 4.98 Å². The SMILES string of the molecule is CCCN(CCC)c1cc(N2CCc3cc(C)ccc32)nc2ccnn12. The molecule has 2 aromatic heterocycles. The number of rotatable bonds is 6. The van der Waals surface area contributed by atoms with E-state index >= 15 is 0 Å². The molecule has 136 valence electrons. The summed E-state index contributed by atoms with van der Waals surface area (Å²) in [5.41, 5.74) is 4.94. The molecule has 26 heavy (non-hydrogen) atoms. The van der Waals surface area contributed by atoms with Crippen LogP contribution in [0.1, 0.15) is 37.8 Å². The Bertz CT molecular complexity index is 908. The predicted octanol–water partition coefficient (Wildman–Crippen LogP) is 4.36. The summed E-state index contributed by atoms with van der Waals surface area (Å²) in [7, 11) is 0. The minimum atomic E-state index is 0.912. The molecule has 5 nitrogen and oxygen atoms in total. The highest BCUT2D eigenvalue weighted by molar-refractivity contribution is 5.71. The molecule has 1 aromatic carbocycles. The number of aromatic nitrogens is 3. The monoisotopic (exact) mass is 349 g/mol. The lowest BCUT2D eigenvalue weighted by Gasteiger charge is -2.26. The van der Waals surface area contributed by atoms with Crippen molar-refractivity contribution in [1.29, 1.82) is 0 Å². The van der Waals surface area contributed by atoms with Gasteiger partial charge in [0.15, 0.2) is 5.65 Å². The van der Waals surface area contributed by atoms with Crippen molar-refractivity contribution in [3.63, 3.8) is 0 Å². The van der Waals surface area contributed by atoms with Crippen LogP contribution in [0.4, 0.5) is 17.3 Å². The van der Waals surface area contributed by atoms with Crippen molar-refractivity contribution in [2.24, 2.45) is 0 Å². The Morgan fingerprint density at radius 1 is 1.08 bits per heavy atom. The lowest BCUT2D eigenvalue weighted by atomic mass is 10.1. The van der Waals surface area contributed by atoms with Gasteiger partial charge < -0.3 is 9.80 Å². The van der Waals surface area contributed by atoms with Crippen LogP contribution in [-0.2, 0) is 6.42 Å². The van der Waals surface area contributed by atoms with Crippen molar-refractivity contribution >= 4 is 23.0 Å². The minimum absolute atomic E-state index is 0.912. The van der Waals surface area contributed by atoms with E-state index in [2.05, 4.69) is 59.9 Å². The lowest BCUT2D eigenvalue weighted by molar-refractivity contribution is 0.715. The van der Waals surface area contributed by atoms with Gasteiger partial charge in [-0.2, -0.15) is 9.61 Å². The molecule has 0 amide bonds. The quantitative estimate of drug-likeness (QED) is 0.663. The summed E-state index contributed by atoms with van der Waals surface area (Å²) in [6, 6.07) is 10.9. The highest BCUT2D eigenvalue weighted by Crippen LogP contribution is 2.35. The average molecular weight is 349 g/mol. The van der Waals surface area contributed by atoms with Crippen molar-refractivity contribution in [2.45, 2.75) is 40.0 Å². The molecule has 0 saturated carbocycles. The van der Waals surface area contributed by atoms with Gasteiger partial charge in [-0.05, 0) is 37.8 Å². The van der Waals surface area contributed by atoms with Crippen LogP contribution < -0.4 is 9.80 Å². The number of anilines is 3. The molecule has 0 unspecified atom stereocenters. The molecule has 0 fully saturated rings. The first-order chi connectivity index (χ1) is 12.7. The van der Waals surface area contributed by atoms with Gasteiger partial charge in [0, 0.05) is 37.5 Å². The summed E-state index contributed by atoms with van der Waals surface area (Å²) >= 11 is 0. The van der Waals surface area contributed by atoms with Gasteiger partial charge in [0.25, 0.3) is 0 Å². The van der Waals surface area contributed by atoms with Crippen LogP contribution in [0, 0.1) is 6.92 Å². The second-order valence-electron chi connectivity index (χ2n) is 7.09. The standard InChI is InChI=1S/C21H27N5/c1-4-11-24(12-5-2)21-15-20(23-19-8-10-22-26(19)21)25-13-9-17-14-16(3)6-7-18(17)25/h6-8,10,14-15H,4-5,9,11-13H2,1-3H3. The van der Waals surface area contributed by atoms with E-state index in [1.807, 2.05) is 16.8 Å². The molecule has 5 heteroatoms. The second kappa shape index (κ2) is 6.98. The van der Waals surface area contributed by atoms with E-state index in [1.54, 1.807) is 0 Å². The van der Waals surface area contributed by atoms with Gasteiger partial charge in [-0.15, -0.1) is 0 Å². The van der Waals surface area contributed by atoms with Crippen molar-refractivity contribution in [1.82, 2.24) is 14.6 Å². The fraction of sp³-hybridized carbons (Fsp3) is 0.429. The highest BCUT2D eigenvalue weighted by Gasteiger charge is 2.23. The average Bonchev–Trinajstić information content (AvgIpc) is 3.26. The molecule has 1 aliphatic heterocycles. The zero-order valence-corrected chi connectivity index (χ0v) is 15.9. The second-order valence-corrected chi connectivity index (χ2v) is 7.09. The maximum Gasteiger partial charge on any atom is 0.159 e. The van der Waals surface area contributed by atoms with E-state index in [-0.39, 0.29) is 0 Å². The van der Waals surface area contributed by atoms with Crippen molar-refractivity contribution < 1.29 is 0 Å². The zero-order valence-electron chi connectivity index (χ0n) is 15.9. The number of hydrogen-bond donors (Lipinski definition) is 0. The largest absolute Gasteiger partial charge is 0.356 e. The van der Waals surface area contributed by atoms with E-state index in [0.717, 1.165) is 56.2 Å². The smallest absolute Gasteiger partial charge is 0.159 e. The van der Waals surface area contributed by atoms with Gasteiger partial charge in [0.05, 0.1) is 6.20 Å². The molecule has 0 aliphatic carbocycles. The molecule has 0 atom stereocenters. The maximum absolute atomic E-state index is 4.90. The third-order valence-electron chi connectivity index (χ3n) is 5.05. The van der Waals surface area contributed by atoms with E-state index in [1.165, 1.54) is 16.8 Å². The minimum Gasteiger partial charge on any atom is -0.356 e. The van der Waals surface area contributed by atoms with Crippen molar-refractivity contribution in [3.8, 4) is 0 Å². The van der Waals surface area contributed by atoms with Gasteiger partial charge in [-0.25, -0.2) is 4.98 Å². The number of hydrogen-bond acceptors (Lipinski definition) is 4. The van der Waals surface area contributed by atoms with Crippen LogP contribution in [0.3, 0.4) is 0 Å². The summed E-state index contributed by atoms with van der Waals surface area (Å²) in [6.45, 7) is 9.65. The molecule has 0 spiro atoms. The maximum atomic E-state index is 4.90. The molecule has 0 radical (unpaired) electrons. The van der Waals surface area contributed by atoms with Crippen LogP contribution in [0.2, 0.25) is 0 Å². The Hall–Kier alpha value is -2.56. The molecule has 4 rings (SSSR count). The van der Waals surface area contributed by atoms with Crippen LogP contribution in [0.5, 0.6) is 0 Å². The van der Waals surface area contributed by atoms with Gasteiger partial charge in [-0.1, -0.05) is 31.5 Å². The topological polar surface area (TPSA) is 36.7 Å². The highest BCUT2D eigenvalue weighted by atomic mass is 15.4. The summed E-state index contributed by atoms with van der Waals surface area (Å²) in [6.07, 6.45) is 5.15. The number of aryl methyl sites for hydroxylation is 1. The Balaban J connectivity index is 1.80. The van der Waals surface area contributed by atoms with Gasteiger partial charge in [-0.3, -0.25) is 0 Å². The Morgan fingerprint density at radius 3 is 2.65 bits per heavy atom. The first kappa shape index (κ1) is 16.9. The van der Waals surface area contributed by atoms with E-state index < -0.39 is 0 Å². The zero-order chi connectivity index (χ0) is 18.1. The molecular formula is C21H27N5. The summed E-state index contributed by atoms with van der Waals surface area (Å²) in [5, 5.41) is 4.52. The van der Waals surface area contributed by atoms with E-state index in [0.29, 0.717) is 0 Å². The van der Waals surface area contributed by atoms with Crippen LogP contribution in [0.15, 0.2) is 36.5 Å². The molecule has 3 heterocycles. The number of nitrogens with zero attached hydrogens (tertiary/aromatic N) is 5. The van der Waals surface area contributed by atoms with E-state index in [9.17, 15) is 0 Å². The van der Waals surface area contributed by atoms with Crippen LogP contribution in [-0.4, -0.2) is 34.2 Å². The Morgan fingerprint density at radius 2 is 1.88 bits per heavy atom. The third kappa shape index (κ3) is 2.91. The fourth-order valence-corrected chi connectivity index (χ4v) is 3.90. The summed E-state index contributed by atoms with van der Waals surface area (Å²) < 4.78 is 1.97. The van der Waals surface area contributed by atoms with Crippen molar-refractivity contribution in [3.05, 3.63) is 47.7 Å². The number of benzene rings is 1. The molecule has 1 aliphatic rings. The van der Waals surface area contributed by atoms with Crippen molar-refractivity contribution in [2.75, 3.05) is 29.4 Å². The summed E-state index contributed by atoms with van der Waals surface area (Å²) in [5.74, 6) is 2.16. The summed E-state index contributed by atoms with van der Waals surface area (Å²) in [4.78, 5) is 9.68. The molecule has 0 bridgehead atoms. The van der Waals surface area contributed by atoms with Crippen LogP contribution >= 0.6 is 0 Å². The lowest BCUT2D eigenvalue weighted by Crippen LogP contribution is -2.28. The number of fused-ring (bicyclic) bond motifs is 2. The van der Waals surface area contributed by atoms with Gasteiger partial charge >= 0.3 is 0 Å². The first-order valence-corrected chi connectivity index (χ1v) is 9.68. The predicted molar refractivity (Wildman–Crippen MR) is 108 cm³/mol. The molecule has 3 aromatic rings. The van der Waals surface area contributed by atoms with Crippen LogP contribution in [0.25, 0.3) is 5.65 Å². The fourth-order valence-electron chi connectivity index (χ4n) is 3.90. The molecular weight excluding hydrogens is 322 g/mol. The first-order valence-electron chi connectivity index (χ1n) is 9.68.